The first kappa shape index (κ1) is 15.2. The first-order valence-electron chi connectivity index (χ1n) is 7.06. The Bertz CT molecular complexity index is 830. The predicted molar refractivity (Wildman–Crippen MR) is 89.4 cm³/mol. The summed E-state index contributed by atoms with van der Waals surface area (Å²) >= 11 is 1.42. The Balaban J connectivity index is 1.71. The summed E-state index contributed by atoms with van der Waals surface area (Å²) in [4.78, 5) is 16.7. The summed E-state index contributed by atoms with van der Waals surface area (Å²) in [6.45, 7) is 2.33. The van der Waals surface area contributed by atoms with Crippen molar-refractivity contribution in [1.29, 1.82) is 0 Å². The topological polar surface area (TPSA) is 72.4 Å². The van der Waals surface area contributed by atoms with E-state index in [1.54, 1.807) is 35.5 Å². The maximum atomic E-state index is 12.3. The number of nitrogens with zero attached hydrogens (tertiary/aromatic N) is 3. The van der Waals surface area contributed by atoms with Gasteiger partial charge in [0, 0.05) is 24.5 Å². The van der Waals surface area contributed by atoms with Crippen LogP contribution in [-0.4, -0.2) is 21.9 Å². The lowest BCUT2D eigenvalue weighted by atomic mass is 10.2. The van der Waals surface area contributed by atoms with Gasteiger partial charge in [-0.15, -0.1) is 11.3 Å². The molecule has 3 aromatic rings. The average molecular weight is 328 g/mol. The fourth-order valence-electron chi connectivity index (χ4n) is 2.02. The summed E-state index contributed by atoms with van der Waals surface area (Å²) in [7, 11) is 1.88. The minimum absolute atomic E-state index is 0.169. The van der Waals surface area contributed by atoms with Crippen molar-refractivity contribution in [1.82, 2.24) is 15.1 Å². The predicted octanol–water partition coefficient (Wildman–Crippen LogP) is 3.06. The molecular weight excluding hydrogens is 312 g/mol. The molecule has 0 spiro atoms. The lowest BCUT2D eigenvalue weighted by Crippen LogP contribution is -2.22. The zero-order valence-corrected chi connectivity index (χ0v) is 13.6. The summed E-state index contributed by atoms with van der Waals surface area (Å²) in [5, 5.41) is 9.52. The van der Waals surface area contributed by atoms with Crippen molar-refractivity contribution in [2.24, 2.45) is 12.0 Å². The molecule has 3 heterocycles. The number of furan rings is 1. The highest BCUT2D eigenvalue weighted by molar-refractivity contribution is 7.14. The van der Waals surface area contributed by atoms with Crippen LogP contribution >= 0.6 is 11.3 Å². The number of thiophene rings is 1. The number of nitrogens with one attached hydrogen (secondary N) is 1. The molecule has 0 unspecified atom stereocenters. The van der Waals surface area contributed by atoms with Crippen LogP contribution in [0.5, 0.6) is 0 Å². The molecule has 0 saturated carbocycles. The zero-order chi connectivity index (χ0) is 16.2. The Morgan fingerprint density at radius 3 is 3.09 bits per heavy atom. The van der Waals surface area contributed by atoms with Gasteiger partial charge in [0.05, 0.1) is 24.6 Å². The van der Waals surface area contributed by atoms with Gasteiger partial charge in [0.15, 0.2) is 0 Å². The van der Waals surface area contributed by atoms with Crippen LogP contribution in [0, 0.1) is 6.92 Å². The molecule has 0 radical (unpaired) electrons. The molecule has 6 nitrogen and oxygen atoms in total. The van der Waals surface area contributed by atoms with Gasteiger partial charge in [0.1, 0.15) is 10.8 Å². The number of carbonyl (C=O) groups excluding carboxylic acids is 1. The van der Waals surface area contributed by atoms with Gasteiger partial charge in [0.25, 0.3) is 5.91 Å². The molecule has 3 aromatic heterocycles. The second kappa shape index (κ2) is 6.62. The van der Waals surface area contributed by atoms with E-state index >= 15 is 0 Å². The standard InChI is InChI=1S/C16H16N4O2S/c1-11-12(9-19-20(11)2)8-18-16-14(5-7-23-16)15(21)17-10-13-4-3-6-22-13/h3-9H,10H2,1-2H3,(H,17,21). The molecule has 3 rings (SSSR count). The van der Waals surface area contributed by atoms with Crippen molar-refractivity contribution in [2.75, 3.05) is 0 Å². The normalized spacial score (nSPS) is 11.2. The second-order valence-corrected chi connectivity index (χ2v) is 5.86. The van der Waals surface area contributed by atoms with Gasteiger partial charge >= 0.3 is 0 Å². The fraction of sp³-hybridized carbons (Fsp3) is 0.188. The van der Waals surface area contributed by atoms with Crippen LogP contribution in [0.25, 0.3) is 0 Å². The number of rotatable bonds is 5. The molecular formula is C16H16N4O2S. The summed E-state index contributed by atoms with van der Waals surface area (Å²) in [5.74, 6) is 0.544. The SMILES string of the molecule is Cc1c(C=Nc2sccc2C(=O)NCc2ccco2)cnn1C. The average Bonchev–Trinajstić information content (AvgIpc) is 3.27. The van der Waals surface area contributed by atoms with E-state index in [0.29, 0.717) is 22.9 Å². The molecule has 0 fully saturated rings. The van der Waals surface area contributed by atoms with Crippen molar-refractivity contribution in [3.63, 3.8) is 0 Å². The number of hydrogen-bond donors (Lipinski definition) is 1. The van der Waals surface area contributed by atoms with Gasteiger partial charge < -0.3 is 9.73 Å². The van der Waals surface area contributed by atoms with Crippen molar-refractivity contribution >= 4 is 28.5 Å². The molecule has 0 atom stereocenters. The Kier molecular flexibility index (Phi) is 4.38. The maximum Gasteiger partial charge on any atom is 0.254 e. The van der Waals surface area contributed by atoms with Gasteiger partial charge in [-0.2, -0.15) is 5.10 Å². The molecule has 0 aliphatic heterocycles. The van der Waals surface area contributed by atoms with E-state index in [-0.39, 0.29) is 5.91 Å². The van der Waals surface area contributed by atoms with Crippen LogP contribution in [0.4, 0.5) is 5.00 Å². The third-order valence-electron chi connectivity index (χ3n) is 3.49. The van der Waals surface area contributed by atoms with E-state index in [4.69, 9.17) is 4.42 Å². The van der Waals surface area contributed by atoms with Gasteiger partial charge in [0.2, 0.25) is 0 Å². The Hall–Kier alpha value is -2.67. The minimum atomic E-state index is -0.169. The van der Waals surface area contributed by atoms with Crippen molar-refractivity contribution in [3.8, 4) is 0 Å². The summed E-state index contributed by atoms with van der Waals surface area (Å²) in [6, 6.07) is 5.38. The highest BCUT2D eigenvalue weighted by atomic mass is 32.1. The molecule has 118 valence electrons. The maximum absolute atomic E-state index is 12.3. The highest BCUT2D eigenvalue weighted by Crippen LogP contribution is 2.26. The summed E-state index contributed by atoms with van der Waals surface area (Å²) in [6.07, 6.45) is 5.07. The Morgan fingerprint density at radius 1 is 1.52 bits per heavy atom. The molecule has 0 saturated heterocycles. The van der Waals surface area contributed by atoms with Crippen LogP contribution in [-0.2, 0) is 13.6 Å². The smallest absolute Gasteiger partial charge is 0.254 e. The molecule has 7 heteroatoms. The number of aryl methyl sites for hydroxylation is 1. The van der Waals surface area contributed by atoms with Crippen molar-refractivity contribution in [3.05, 3.63) is 58.6 Å². The second-order valence-electron chi connectivity index (χ2n) is 4.97. The molecule has 0 aromatic carbocycles. The zero-order valence-electron chi connectivity index (χ0n) is 12.8. The summed E-state index contributed by atoms with van der Waals surface area (Å²) < 4.78 is 6.99. The van der Waals surface area contributed by atoms with Crippen LogP contribution in [0.1, 0.15) is 27.4 Å². The van der Waals surface area contributed by atoms with Gasteiger partial charge in [-0.25, -0.2) is 4.99 Å². The third-order valence-corrected chi connectivity index (χ3v) is 4.31. The van der Waals surface area contributed by atoms with E-state index in [9.17, 15) is 4.79 Å². The molecule has 0 aliphatic rings. The fourth-order valence-corrected chi connectivity index (χ4v) is 2.75. The van der Waals surface area contributed by atoms with Crippen molar-refractivity contribution < 1.29 is 9.21 Å². The van der Waals surface area contributed by atoms with Crippen LogP contribution in [0.15, 0.2) is 45.4 Å². The van der Waals surface area contributed by atoms with Gasteiger partial charge in [-0.05, 0) is 30.5 Å². The first-order chi connectivity index (χ1) is 11.1. The number of hydrogen-bond acceptors (Lipinski definition) is 5. The van der Waals surface area contributed by atoms with E-state index < -0.39 is 0 Å². The molecule has 0 bridgehead atoms. The molecule has 1 N–H and O–H groups in total. The summed E-state index contributed by atoms with van der Waals surface area (Å²) in [5.41, 5.74) is 2.51. The van der Waals surface area contributed by atoms with E-state index in [1.165, 1.54) is 11.3 Å². The minimum Gasteiger partial charge on any atom is -0.467 e. The Labute approximate surface area is 137 Å². The van der Waals surface area contributed by atoms with Gasteiger partial charge in [-0.3, -0.25) is 9.48 Å². The molecule has 1 amide bonds. The number of aromatic nitrogens is 2. The molecule has 23 heavy (non-hydrogen) atoms. The lowest BCUT2D eigenvalue weighted by molar-refractivity contribution is 0.0949. The van der Waals surface area contributed by atoms with E-state index in [2.05, 4.69) is 15.4 Å². The largest absolute Gasteiger partial charge is 0.467 e. The van der Waals surface area contributed by atoms with E-state index in [1.807, 2.05) is 25.4 Å². The lowest BCUT2D eigenvalue weighted by Gasteiger charge is -2.02. The Morgan fingerprint density at radius 2 is 2.39 bits per heavy atom. The van der Waals surface area contributed by atoms with Crippen LogP contribution in [0.2, 0.25) is 0 Å². The van der Waals surface area contributed by atoms with Crippen LogP contribution < -0.4 is 5.32 Å². The monoisotopic (exact) mass is 328 g/mol. The number of carbonyl (C=O) groups is 1. The van der Waals surface area contributed by atoms with E-state index in [0.717, 1.165) is 11.3 Å². The first-order valence-corrected chi connectivity index (χ1v) is 7.94. The van der Waals surface area contributed by atoms with Crippen LogP contribution in [0.3, 0.4) is 0 Å². The molecule has 0 aliphatic carbocycles. The number of amides is 1. The highest BCUT2D eigenvalue weighted by Gasteiger charge is 2.12. The quantitative estimate of drug-likeness (QED) is 0.732. The third kappa shape index (κ3) is 3.40. The van der Waals surface area contributed by atoms with Crippen molar-refractivity contribution in [2.45, 2.75) is 13.5 Å². The van der Waals surface area contributed by atoms with Gasteiger partial charge in [-0.1, -0.05) is 0 Å². The number of aliphatic imine (C=N–C) groups is 1.